The number of nitrogens with zero attached hydrogens (tertiary/aromatic N) is 2. The molecule has 0 aliphatic rings. The van der Waals surface area contributed by atoms with E-state index in [1.807, 2.05) is 0 Å². The van der Waals surface area contributed by atoms with E-state index in [1.165, 1.54) is 28.8 Å². The molecule has 3 aromatic rings. The largest absolute Gasteiger partial charge is 0.493 e. The summed E-state index contributed by atoms with van der Waals surface area (Å²) in [6.07, 6.45) is 1.57. The van der Waals surface area contributed by atoms with Gasteiger partial charge in [0.05, 0.1) is 11.5 Å². The predicted octanol–water partition coefficient (Wildman–Crippen LogP) is 4.80. The summed E-state index contributed by atoms with van der Waals surface area (Å²) in [6, 6.07) is 12.4. The van der Waals surface area contributed by atoms with Crippen LogP contribution in [0.1, 0.15) is 6.92 Å². The highest BCUT2D eigenvalue weighted by Gasteiger charge is 2.18. The molecule has 0 atom stereocenters. The standard InChI is InChI=1S/C20H17ClN2O5/c1-3-27-19-11-20(24)22(2)12-17(19)16-10-14(23(25)26)6-9-18(16)28-15-7-4-13(21)5-8-15/h4-12H,3H2,1-2H3. The fourth-order valence-corrected chi connectivity index (χ4v) is 2.78. The molecule has 0 saturated heterocycles. The van der Waals surface area contributed by atoms with Crippen LogP contribution in [0.2, 0.25) is 5.02 Å². The monoisotopic (exact) mass is 400 g/mol. The molecule has 3 rings (SSSR count). The zero-order valence-electron chi connectivity index (χ0n) is 15.2. The van der Waals surface area contributed by atoms with Crippen molar-refractivity contribution in [2.24, 2.45) is 7.05 Å². The quantitative estimate of drug-likeness (QED) is 0.438. The van der Waals surface area contributed by atoms with Crippen LogP contribution in [0.5, 0.6) is 17.2 Å². The second-order valence-corrected chi connectivity index (χ2v) is 6.36. The molecule has 0 radical (unpaired) electrons. The second kappa shape index (κ2) is 8.14. The van der Waals surface area contributed by atoms with Crippen LogP contribution in [0.4, 0.5) is 5.69 Å². The van der Waals surface area contributed by atoms with Crippen LogP contribution in [-0.4, -0.2) is 16.1 Å². The molecule has 8 heteroatoms. The number of nitro benzene ring substituents is 1. The van der Waals surface area contributed by atoms with Crippen LogP contribution in [-0.2, 0) is 7.05 Å². The summed E-state index contributed by atoms with van der Waals surface area (Å²) in [7, 11) is 1.60. The van der Waals surface area contributed by atoms with Gasteiger partial charge in [-0.1, -0.05) is 11.6 Å². The van der Waals surface area contributed by atoms with Gasteiger partial charge in [-0.25, -0.2) is 0 Å². The minimum Gasteiger partial charge on any atom is -0.493 e. The molecule has 0 saturated carbocycles. The minimum atomic E-state index is -0.488. The molecule has 7 nitrogen and oxygen atoms in total. The van der Waals surface area contributed by atoms with Crippen LogP contribution >= 0.6 is 11.6 Å². The predicted molar refractivity (Wildman–Crippen MR) is 106 cm³/mol. The first kappa shape index (κ1) is 19.4. The average molecular weight is 401 g/mol. The summed E-state index contributed by atoms with van der Waals surface area (Å²) in [6.45, 7) is 2.13. The Balaban J connectivity index is 2.18. The zero-order valence-corrected chi connectivity index (χ0v) is 16.0. The van der Waals surface area contributed by atoms with E-state index < -0.39 is 4.92 Å². The fourth-order valence-electron chi connectivity index (χ4n) is 2.65. The molecule has 0 N–H and O–H groups in total. The highest BCUT2D eigenvalue weighted by Crippen LogP contribution is 2.40. The zero-order chi connectivity index (χ0) is 20.3. The van der Waals surface area contributed by atoms with Crippen molar-refractivity contribution in [2.75, 3.05) is 6.61 Å². The van der Waals surface area contributed by atoms with Crippen molar-refractivity contribution in [3.05, 3.63) is 80.2 Å². The van der Waals surface area contributed by atoms with Crippen molar-refractivity contribution in [3.63, 3.8) is 0 Å². The highest BCUT2D eigenvalue weighted by molar-refractivity contribution is 6.30. The summed E-state index contributed by atoms with van der Waals surface area (Å²) < 4.78 is 12.9. The summed E-state index contributed by atoms with van der Waals surface area (Å²) in [5.41, 5.74) is 0.590. The highest BCUT2D eigenvalue weighted by atomic mass is 35.5. The number of ether oxygens (including phenoxy) is 2. The maximum atomic E-state index is 12.0. The molecule has 144 valence electrons. The number of nitro groups is 1. The van der Waals surface area contributed by atoms with E-state index in [1.54, 1.807) is 44.4 Å². The number of aryl methyl sites for hydroxylation is 1. The Morgan fingerprint density at radius 1 is 1.07 bits per heavy atom. The molecular weight excluding hydrogens is 384 g/mol. The number of pyridine rings is 1. The first-order chi connectivity index (χ1) is 13.4. The van der Waals surface area contributed by atoms with Gasteiger partial charge in [0.15, 0.2) is 0 Å². The average Bonchev–Trinajstić information content (AvgIpc) is 2.67. The third-order valence-corrected chi connectivity index (χ3v) is 4.25. The van der Waals surface area contributed by atoms with E-state index in [4.69, 9.17) is 21.1 Å². The molecule has 28 heavy (non-hydrogen) atoms. The first-order valence-corrected chi connectivity index (χ1v) is 8.82. The summed E-state index contributed by atoms with van der Waals surface area (Å²) in [5, 5.41) is 11.8. The minimum absolute atomic E-state index is 0.102. The number of hydrogen-bond acceptors (Lipinski definition) is 5. The van der Waals surface area contributed by atoms with Crippen molar-refractivity contribution in [2.45, 2.75) is 6.92 Å². The third-order valence-electron chi connectivity index (χ3n) is 4.00. The Morgan fingerprint density at radius 3 is 2.43 bits per heavy atom. The summed E-state index contributed by atoms with van der Waals surface area (Å²) in [5.74, 6) is 1.22. The topological polar surface area (TPSA) is 83.6 Å². The first-order valence-electron chi connectivity index (χ1n) is 8.44. The summed E-state index contributed by atoms with van der Waals surface area (Å²) >= 11 is 5.91. The van der Waals surface area contributed by atoms with E-state index in [0.29, 0.717) is 40.0 Å². The van der Waals surface area contributed by atoms with Gasteiger partial charge in [-0.2, -0.15) is 0 Å². The van der Waals surface area contributed by atoms with Gasteiger partial charge in [0, 0.05) is 47.6 Å². The Kier molecular flexibility index (Phi) is 5.65. The molecule has 0 spiro atoms. The SMILES string of the molecule is CCOc1cc(=O)n(C)cc1-c1cc([N+](=O)[O-])ccc1Oc1ccc(Cl)cc1. The lowest BCUT2D eigenvalue weighted by Gasteiger charge is -2.15. The van der Waals surface area contributed by atoms with E-state index in [-0.39, 0.29) is 11.2 Å². The van der Waals surface area contributed by atoms with Gasteiger partial charge in [-0.05, 0) is 37.3 Å². The van der Waals surface area contributed by atoms with Gasteiger partial charge in [0.2, 0.25) is 0 Å². The van der Waals surface area contributed by atoms with Crippen LogP contribution in [0.15, 0.2) is 59.5 Å². The van der Waals surface area contributed by atoms with Crippen LogP contribution in [0, 0.1) is 10.1 Å². The molecule has 0 unspecified atom stereocenters. The van der Waals surface area contributed by atoms with Gasteiger partial charge in [0.1, 0.15) is 17.2 Å². The van der Waals surface area contributed by atoms with E-state index >= 15 is 0 Å². The second-order valence-electron chi connectivity index (χ2n) is 5.93. The molecule has 0 aliphatic heterocycles. The van der Waals surface area contributed by atoms with Gasteiger partial charge < -0.3 is 14.0 Å². The molecule has 0 amide bonds. The van der Waals surface area contributed by atoms with E-state index in [0.717, 1.165) is 0 Å². The molecular formula is C20H17ClN2O5. The number of non-ortho nitro benzene ring substituents is 1. The lowest BCUT2D eigenvalue weighted by atomic mass is 10.0. The Morgan fingerprint density at radius 2 is 1.79 bits per heavy atom. The molecule has 1 heterocycles. The number of benzene rings is 2. The van der Waals surface area contributed by atoms with Crippen LogP contribution < -0.4 is 15.0 Å². The number of halogens is 1. The van der Waals surface area contributed by atoms with Gasteiger partial charge in [0.25, 0.3) is 11.2 Å². The Labute approximate surface area is 165 Å². The van der Waals surface area contributed by atoms with Crippen LogP contribution in [0.3, 0.4) is 0 Å². The van der Waals surface area contributed by atoms with Crippen LogP contribution in [0.25, 0.3) is 11.1 Å². The summed E-state index contributed by atoms with van der Waals surface area (Å²) in [4.78, 5) is 22.8. The molecule has 0 fully saturated rings. The lowest BCUT2D eigenvalue weighted by molar-refractivity contribution is -0.384. The number of hydrogen-bond donors (Lipinski definition) is 0. The molecule has 2 aromatic carbocycles. The Hall–Kier alpha value is -3.32. The number of aromatic nitrogens is 1. The van der Waals surface area contributed by atoms with Crippen molar-refractivity contribution in [1.29, 1.82) is 0 Å². The maximum Gasteiger partial charge on any atom is 0.270 e. The molecule has 1 aromatic heterocycles. The van der Waals surface area contributed by atoms with Gasteiger partial charge in [-0.15, -0.1) is 0 Å². The van der Waals surface area contributed by atoms with E-state index in [9.17, 15) is 14.9 Å². The fraction of sp³-hybridized carbons (Fsp3) is 0.150. The number of rotatable bonds is 6. The Bertz CT molecular complexity index is 1080. The molecule has 0 bridgehead atoms. The van der Waals surface area contributed by atoms with Gasteiger partial charge in [-0.3, -0.25) is 14.9 Å². The van der Waals surface area contributed by atoms with Crippen molar-refractivity contribution >= 4 is 17.3 Å². The lowest BCUT2D eigenvalue weighted by Crippen LogP contribution is -2.16. The van der Waals surface area contributed by atoms with Crippen molar-refractivity contribution < 1.29 is 14.4 Å². The normalized spacial score (nSPS) is 10.5. The van der Waals surface area contributed by atoms with E-state index in [2.05, 4.69) is 0 Å². The van der Waals surface area contributed by atoms with Crippen molar-refractivity contribution in [1.82, 2.24) is 4.57 Å². The molecule has 0 aliphatic carbocycles. The third kappa shape index (κ3) is 4.15. The smallest absolute Gasteiger partial charge is 0.270 e. The van der Waals surface area contributed by atoms with Gasteiger partial charge >= 0.3 is 0 Å². The van der Waals surface area contributed by atoms with Crippen molar-refractivity contribution in [3.8, 4) is 28.4 Å². The maximum absolute atomic E-state index is 12.0.